The molecule has 1 rings (SSSR count). The molecule has 19 heavy (non-hydrogen) atoms. The Kier molecular flexibility index (Phi) is 6.89. The summed E-state index contributed by atoms with van der Waals surface area (Å²) in [4.78, 5) is 11.9. The molecule has 4 heteroatoms. The van der Waals surface area contributed by atoms with Gasteiger partial charge in [-0.1, -0.05) is 31.0 Å². The highest BCUT2D eigenvalue weighted by atomic mass is 35.5. The fraction of sp³-hybridized carbons (Fsp3) is 0.533. The predicted octanol–water partition coefficient (Wildman–Crippen LogP) is 3.74. The lowest BCUT2D eigenvalue weighted by Crippen LogP contribution is -2.15. The van der Waals surface area contributed by atoms with Crippen LogP contribution in [0.5, 0.6) is 0 Å². The Hall–Kier alpha value is -1.06. The van der Waals surface area contributed by atoms with Gasteiger partial charge in [-0.15, -0.1) is 0 Å². The van der Waals surface area contributed by atoms with Crippen LogP contribution in [0.2, 0.25) is 5.02 Å². The zero-order chi connectivity index (χ0) is 14.3. The Morgan fingerprint density at radius 3 is 2.79 bits per heavy atom. The summed E-state index contributed by atoms with van der Waals surface area (Å²) in [5.41, 5.74) is 7.26. The molecule has 0 spiro atoms. The van der Waals surface area contributed by atoms with Gasteiger partial charge in [0.1, 0.15) is 0 Å². The van der Waals surface area contributed by atoms with E-state index in [0.29, 0.717) is 23.9 Å². The molecular formula is C15H23ClN2O. The first-order valence-corrected chi connectivity index (χ1v) is 7.21. The number of halogens is 1. The first kappa shape index (κ1) is 16.0. The topological polar surface area (TPSA) is 55.1 Å². The van der Waals surface area contributed by atoms with E-state index in [-0.39, 0.29) is 5.91 Å². The second-order valence-corrected chi connectivity index (χ2v) is 5.26. The molecule has 1 amide bonds. The second-order valence-electron chi connectivity index (χ2n) is 4.85. The van der Waals surface area contributed by atoms with Gasteiger partial charge in [-0.3, -0.25) is 4.79 Å². The van der Waals surface area contributed by atoms with Crippen LogP contribution in [0.15, 0.2) is 18.2 Å². The molecule has 3 N–H and O–H groups in total. The largest absolute Gasteiger partial charge is 0.330 e. The molecular weight excluding hydrogens is 260 g/mol. The minimum absolute atomic E-state index is 0.0424. The number of anilines is 1. The van der Waals surface area contributed by atoms with E-state index >= 15 is 0 Å². The Labute approximate surface area is 120 Å². The van der Waals surface area contributed by atoms with E-state index < -0.39 is 0 Å². The van der Waals surface area contributed by atoms with Crippen molar-refractivity contribution in [2.75, 3.05) is 11.9 Å². The van der Waals surface area contributed by atoms with Crippen molar-refractivity contribution < 1.29 is 4.79 Å². The standard InChI is InChI=1S/C15H23ClN2O/c1-3-12(9-10-17)7-8-15(19)18-14-6-4-5-13(16)11(14)2/h4-6,12H,3,7-10,17H2,1-2H3,(H,18,19). The summed E-state index contributed by atoms with van der Waals surface area (Å²) < 4.78 is 0. The molecule has 0 fully saturated rings. The zero-order valence-corrected chi connectivity index (χ0v) is 12.5. The number of carbonyl (C=O) groups excluding carboxylic acids is 1. The molecule has 1 atom stereocenters. The SMILES string of the molecule is CCC(CCN)CCC(=O)Nc1cccc(Cl)c1C. The summed E-state index contributed by atoms with van der Waals surface area (Å²) in [5.74, 6) is 0.581. The molecule has 0 bridgehead atoms. The number of hydrogen-bond donors (Lipinski definition) is 2. The molecule has 1 unspecified atom stereocenters. The molecule has 106 valence electrons. The molecule has 0 heterocycles. The molecule has 0 radical (unpaired) electrons. The van der Waals surface area contributed by atoms with Crippen molar-refractivity contribution in [1.29, 1.82) is 0 Å². The smallest absolute Gasteiger partial charge is 0.224 e. The monoisotopic (exact) mass is 282 g/mol. The van der Waals surface area contributed by atoms with Crippen LogP contribution in [0.4, 0.5) is 5.69 Å². The van der Waals surface area contributed by atoms with Gasteiger partial charge >= 0.3 is 0 Å². The Balaban J connectivity index is 2.49. The molecule has 0 aliphatic heterocycles. The number of hydrogen-bond acceptors (Lipinski definition) is 2. The average molecular weight is 283 g/mol. The van der Waals surface area contributed by atoms with Crippen LogP contribution in [0.1, 0.15) is 38.2 Å². The molecule has 0 saturated heterocycles. The Morgan fingerprint density at radius 2 is 2.16 bits per heavy atom. The van der Waals surface area contributed by atoms with Gasteiger partial charge in [-0.25, -0.2) is 0 Å². The van der Waals surface area contributed by atoms with E-state index in [0.717, 1.165) is 30.5 Å². The zero-order valence-electron chi connectivity index (χ0n) is 11.7. The summed E-state index contributed by atoms with van der Waals surface area (Å²) in [5, 5.41) is 3.59. The molecule has 1 aromatic rings. The minimum Gasteiger partial charge on any atom is -0.330 e. The number of nitrogens with one attached hydrogen (secondary N) is 1. The van der Waals surface area contributed by atoms with Gasteiger partial charge in [0, 0.05) is 17.1 Å². The number of rotatable bonds is 7. The van der Waals surface area contributed by atoms with Crippen LogP contribution >= 0.6 is 11.6 Å². The van der Waals surface area contributed by atoms with Gasteiger partial charge in [0.05, 0.1) is 0 Å². The summed E-state index contributed by atoms with van der Waals surface area (Å²) in [6.07, 6.45) is 3.48. The molecule has 0 aromatic heterocycles. The quantitative estimate of drug-likeness (QED) is 0.800. The Bertz CT molecular complexity index is 421. The number of nitrogens with two attached hydrogens (primary N) is 1. The van der Waals surface area contributed by atoms with E-state index in [1.54, 1.807) is 0 Å². The maximum atomic E-state index is 11.9. The number of amides is 1. The van der Waals surface area contributed by atoms with Crippen LogP contribution in [0.3, 0.4) is 0 Å². The van der Waals surface area contributed by atoms with Gasteiger partial charge in [0.25, 0.3) is 0 Å². The number of benzene rings is 1. The third kappa shape index (κ3) is 5.21. The van der Waals surface area contributed by atoms with Gasteiger partial charge < -0.3 is 11.1 Å². The lowest BCUT2D eigenvalue weighted by atomic mass is 9.96. The van der Waals surface area contributed by atoms with Crippen LogP contribution in [0.25, 0.3) is 0 Å². The maximum absolute atomic E-state index is 11.9. The van der Waals surface area contributed by atoms with Crippen molar-refractivity contribution >= 4 is 23.2 Å². The van der Waals surface area contributed by atoms with E-state index in [4.69, 9.17) is 17.3 Å². The fourth-order valence-corrected chi connectivity index (χ4v) is 2.25. The van der Waals surface area contributed by atoms with Crippen molar-refractivity contribution in [2.24, 2.45) is 11.7 Å². The van der Waals surface area contributed by atoms with Crippen molar-refractivity contribution in [3.63, 3.8) is 0 Å². The molecule has 0 saturated carbocycles. The molecule has 3 nitrogen and oxygen atoms in total. The van der Waals surface area contributed by atoms with Gasteiger partial charge in [-0.05, 0) is 49.9 Å². The third-order valence-electron chi connectivity index (χ3n) is 3.47. The Morgan fingerprint density at radius 1 is 1.42 bits per heavy atom. The highest BCUT2D eigenvalue weighted by Crippen LogP contribution is 2.23. The highest BCUT2D eigenvalue weighted by Gasteiger charge is 2.10. The number of carbonyl (C=O) groups is 1. The van der Waals surface area contributed by atoms with E-state index in [1.165, 1.54) is 0 Å². The maximum Gasteiger partial charge on any atom is 0.224 e. The van der Waals surface area contributed by atoms with Gasteiger partial charge in [0.15, 0.2) is 0 Å². The minimum atomic E-state index is 0.0424. The summed E-state index contributed by atoms with van der Waals surface area (Å²) in [6, 6.07) is 5.53. The fourth-order valence-electron chi connectivity index (χ4n) is 2.08. The van der Waals surface area contributed by atoms with Crippen molar-refractivity contribution in [2.45, 2.75) is 39.5 Å². The first-order chi connectivity index (χ1) is 9.08. The normalized spacial score (nSPS) is 12.2. The van der Waals surface area contributed by atoms with Crippen molar-refractivity contribution in [3.05, 3.63) is 28.8 Å². The molecule has 0 aliphatic carbocycles. The van der Waals surface area contributed by atoms with Crippen LogP contribution < -0.4 is 11.1 Å². The van der Waals surface area contributed by atoms with Gasteiger partial charge in [-0.2, -0.15) is 0 Å². The summed E-state index contributed by atoms with van der Waals surface area (Å²) in [7, 11) is 0. The van der Waals surface area contributed by atoms with E-state index in [9.17, 15) is 4.79 Å². The van der Waals surface area contributed by atoms with Crippen LogP contribution in [-0.4, -0.2) is 12.5 Å². The third-order valence-corrected chi connectivity index (χ3v) is 3.88. The van der Waals surface area contributed by atoms with Crippen molar-refractivity contribution in [1.82, 2.24) is 0 Å². The van der Waals surface area contributed by atoms with Crippen molar-refractivity contribution in [3.8, 4) is 0 Å². The lowest BCUT2D eigenvalue weighted by Gasteiger charge is -2.14. The summed E-state index contributed by atoms with van der Waals surface area (Å²) in [6.45, 7) is 4.73. The highest BCUT2D eigenvalue weighted by molar-refractivity contribution is 6.31. The lowest BCUT2D eigenvalue weighted by molar-refractivity contribution is -0.116. The molecule has 1 aromatic carbocycles. The first-order valence-electron chi connectivity index (χ1n) is 6.83. The predicted molar refractivity (Wildman–Crippen MR) is 81.5 cm³/mol. The van der Waals surface area contributed by atoms with E-state index in [1.807, 2.05) is 25.1 Å². The molecule has 0 aliphatic rings. The second kappa shape index (κ2) is 8.18. The van der Waals surface area contributed by atoms with Crippen LogP contribution in [-0.2, 0) is 4.79 Å². The van der Waals surface area contributed by atoms with Crippen LogP contribution in [0, 0.1) is 12.8 Å². The summed E-state index contributed by atoms with van der Waals surface area (Å²) >= 11 is 6.02. The average Bonchev–Trinajstić information content (AvgIpc) is 2.40. The van der Waals surface area contributed by atoms with E-state index in [2.05, 4.69) is 12.2 Å². The van der Waals surface area contributed by atoms with Gasteiger partial charge in [0.2, 0.25) is 5.91 Å².